The Labute approximate surface area is 108 Å². The molecule has 1 atom stereocenters. The van der Waals surface area contributed by atoms with Crippen LogP contribution < -0.4 is 11.3 Å². The van der Waals surface area contributed by atoms with Crippen LogP contribution in [0.3, 0.4) is 0 Å². The van der Waals surface area contributed by atoms with E-state index in [9.17, 15) is 13.2 Å². The zero-order valence-electron chi connectivity index (χ0n) is 10.2. The molecule has 1 unspecified atom stereocenters. The molecule has 0 fully saturated rings. The first kappa shape index (κ1) is 13.6. The molecule has 0 amide bonds. The van der Waals surface area contributed by atoms with E-state index in [-0.39, 0.29) is 5.56 Å². The van der Waals surface area contributed by atoms with Crippen LogP contribution in [0.2, 0.25) is 0 Å². The second-order valence-electron chi connectivity index (χ2n) is 4.20. The van der Waals surface area contributed by atoms with Crippen LogP contribution in [0.15, 0.2) is 24.4 Å². The molecule has 0 aliphatic rings. The molecule has 0 radical (unpaired) electrons. The third-order valence-electron chi connectivity index (χ3n) is 2.79. The van der Waals surface area contributed by atoms with Crippen LogP contribution in [-0.2, 0) is 13.5 Å². The van der Waals surface area contributed by atoms with E-state index in [0.29, 0.717) is 12.1 Å². The zero-order chi connectivity index (χ0) is 14.0. The van der Waals surface area contributed by atoms with E-state index in [1.54, 1.807) is 24.0 Å². The lowest BCUT2D eigenvalue weighted by atomic mass is 10.0. The maximum atomic E-state index is 13.2. The van der Waals surface area contributed by atoms with Crippen molar-refractivity contribution in [2.24, 2.45) is 12.9 Å². The summed E-state index contributed by atoms with van der Waals surface area (Å²) in [5.74, 6) is 1.41. The lowest BCUT2D eigenvalue weighted by Crippen LogP contribution is -2.30. The van der Waals surface area contributed by atoms with Gasteiger partial charge in [-0.05, 0) is 23.8 Å². The minimum absolute atomic E-state index is 0.226. The van der Waals surface area contributed by atoms with E-state index >= 15 is 0 Å². The molecule has 7 heteroatoms. The van der Waals surface area contributed by atoms with E-state index in [0.717, 1.165) is 12.1 Å². The van der Waals surface area contributed by atoms with Crippen LogP contribution in [0.4, 0.5) is 13.2 Å². The third kappa shape index (κ3) is 2.94. The van der Waals surface area contributed by atoms with Gasteiger partial charge >= 0.3 is 0 Å². The number of nitrogens with two attached hydrogens (primary N) is 1. The van der Waals surface area contributed by atoms with Gasteiger partial charge in [-0.15, -0.1) is 0 Å². The zero-order valence-corrected chi connectivity index (χ0v) is 10.2. The van der Waals surface area contributed by atoms with Crippen LogP contribution >= 0.6 is 0 Å². The van der Waals surface area contributed by atoms with Crippen molar-refractivity contribution >= 4 is 0 Å². The van der Waals surface area contributed by atoms with E-state index < -0.39 is 23.5 Å². The Hall–Kier alpha value is -1.86. The van der Waals surface area contributed by atoms with E-state index in [2.05, 4.69) is 10.5 Å². The highest BCUT2D eigenvalue weighted by Gasteiger charge is 2.17. The summed E-state index contributed by atoms with van der Waals surface area (Å²) in [4.78, 5) is 0. The number of benzene rings is 1. The Morgan fingerprint density at radius 3 is 2.42 bits per heavy atom. The lowest BCUT2D eigenvalue weighted by molar-refractivity contribution is 0.439. The summed E-state index contributed by atoms with van der Waals surface area (Å²) < 4.78 is 40.8. The van der Waals surface area contributed by atoms with Crippen LogP contribution in [0.25, 0.3) is 0 Å². The monoisotopic (exact) mass is 270 g/mol. The second kappa shape index (κ2) is 5.41. The highest BCUT2D eigenvalue weighted by atomic mass is 19.2. The van der Waals surface area contributed by atoms with Crippen molar-refractivity contribution in [3.63, 3.8) is 0 Å². The van der Waals surface area contributed by atoms with Crippen molar-refractivity contribution in [1.82, 2.24) is 15.2 Å². The molecule has 1 heterocycles. The first-order valence-corrected chi connectivity index (χ1v) is 5.60. The number of halogens is 3. The van der Waals surface area contributed by atoms with Crippen LogP contribution in [0.5, 0.6) is 0 Å². The first-order valence-electron chi connectivity index (χ1n) is 5.60. The van der Waals surface area contributed by atoms with Crippen molar-refractivity contribution < 1.29 is 13.2 Å². The molecule has 0 aliphatic heterocycles. The van der Waals surface area contributed by atoms with Gasteiger partial charge in [0.25, 0.3) is 0 Å². The van der Waals surface area contributed by atoms with Gasteiger partial charge in [0.1, 0.15) is 0 Å². The molecule has 0 aliphatic carbocycles. The van der Waals surface area contributed by atoms with Crippen LogP contribution in [0.1, 0.15) is 17.3 Å². The SMILES string of the molecule is Cn1ccc(CC(NN)c2cc(F)c(F)c(F)c2)n1. The normalized spacial score (nSPS) is 12.7. The van der Waals surface area contributed by atoms with Gasteiger partial charge in [0, 0.05) is 19.7 Å². The van der Waals surface area contributed by atoms with Crippen molar-refractivity contribution in [1.29, 1.82) is 0 Å². The molecule has 1 aromatic carbocycles. The van der Waals surface area contributed by atoms with Gasteiger partial charge in [0.05, 0.1) is 11.7 Å². The summed E-state index contributed by atoms with van der Waals surface area (Å²) in [5, 5.41) is 4.15. The number of hydrogen-bond donors (Lipinski definition) is 2. The van der Waals surface area contributed by atoms with Crippen molar-refractivity contribution in [2.75, 3.05) is 0 Å². The molecule has 2 aromatic rings. The topological polar surface area (TPSA) is 55.9 Å². The second-order valence-corrected chi connectivity index (χ2v) is 4.20. The van der Waals surface area contributed by atoms with E-state index in [4.69, 9.17) is 5.84 Å². The van der Waals surface area contributed by atoms with Crippen molar-refractivity contribution in [3.8, 4) is 0 Å². The summed E-state index contributed by atoms with van der Waals surface area (Å²) in [6.07, 6.45) is 2.08. The molecule has 3 N–H and O–H groups in total. The van der Waals surface area contributed by atoms with Gasteiger partial charge in [-0.1, -0.05) is 0 Å². The number of nitrogens with zero attached hydrogens (tertiary/aromatic N) is 2. The Kier molecular flexibility index (Phi) is 3.87. The Bertz CT molecular complexity index is 559. The molecule has 0 spiro atoms. The Balaban J connectivity index is 2.27. The van der Waals surface area contributed by atoms with Gasteiger partial charge in [-0.3, -0.25) is 16.0 Å². The number of hydrogen-bond acceptors (Lipinski definition) is 3. The number of rotatable bonds is 4. The minimum Gasteiger partial charge on any atom is -0.276 e. The Morgan fingerprint density at radius 1 is 1.32 bits per heavy atom. The van der Waals surface area contributed by atoms with Gasteiger partial charge in [0.2, 0.25) is 0 Å². The summed E-state index contributed by atoms with van der Waals surface area (Å²) in [6, 6.07) is 3.05. The number of aromatic nitrogens is 2. The average molecular weight is 270 g/mol. The first-order chi connectivity index (χ1) is 9.01. The minimum atomic E-state index is -1.49. The van der Waals surface area contributed by atoms with Crippen LogP contribution in [-0.4, -0.2) is 9.78 Å². The Morgan fingerprint density at radius 2 is 1.95 bits per heavy atom. The molecule has 1 aromatic heterocycles. The molecule has 4 nitrogen and oxygen atoms in total. The largest absolute Gasteiger partial charge is 0.276 e. The fourth-order valence-corrected chi connectivity index (χ4v) is 1.83. The fourth-order valence-electron chi connectivity index (χ4n) is 1.83. The van der Waals surface area contributed by atoms with Crippen molar-refractivity contribution in [2.45, 2.75) is 12.5 Å². The predicted molar refractivity (Wildman–Crippen MR) is 63.3 cm³/mol. The highest BCUT2D eigenvalue weighted by molar-refractivity contribution is 5.24. The molecule has 2 rings (SSSR count). The van der Waals surface area contributed by atoms with Gasteiger partial charge in [0.15, 0.2) is 17.5 Å². The smallest absolute Gasteiger partial charge is 0.194 e. The molecular weight excluding hydrogens is 257 g/mol. The lowest BCUT2D eigenvalue weighted by Gasteiger charge is -2.15. The molecular formula is C12H13F3N4. The molecule has 0 bridgehead atoms. The van der Waals surface area contributed by atoms with Gasteiger partial charge in [-0.25, -0.2) is 13.2 Å². The fraction of sp³-hybridized carbons (Fsp3) is 0.250. The molecule has 19 heavy (non-hydrogen) atoms. The van der Waals surface area contributed by atoms with Crippen LogP contribution in [0, 0.1) is 17.5 Å². The summed E-state index contributed by atoms with van der Waals surface area (Å²) in [6.45, 7) is 0. The highest BCUT2D eigenvalue weighted by Crippen LogP contribution is 2.21. The average Bonchev–Trinajstić information content (AvgIpc) is 2.78. The molecule has 0 saturated carbocycles. The van der Waals surface area contributed by atoms with Crippen molar-refractivity contribution in [3.05, 3.63) is 53.1 Å². The number of nitrogens with one attached hydrogen (secondary N) is 1. The predicted octanol–water partition coefficient (Wildman–Crippen LogP) is 1.58. The quantitative estimate of drug-likeness (QED) is 0.504. The third-order valence-corrected chi connectivity index (χ3v) is 2.79. The maximum Gasteiger partial charge on any atom is 0.194 e. The molecule has 0 saturated heterocycles. The number of hydrazine groups is 1. The number of aryl methyl sites for hydroxylation is 1. The maximum absolute atomic E-state index is 13.2. The van der Waals surface area contributed by atoms with E-state index in [1.165, 1.54) is 0 Å². The summed E-state index contributed by atoms with van der Waals surface area (Å²) >= 11 is 0. The summed E-state index contributed by atoms with van der Waals surface area (Å²) in [7, 11) is 1.76. The van der Waals surface area contributed by atoms with Gasteiger partial charge < -0.3 is 0 Å². The molecule has 102 valence electrons. The van der Waals surface area contributed by atoms with E-state index in [1.807, 2.05) is 0 Å². The standard InChI is InChI=1S/C12H13F3N4/c1-19-3-2-8(18-19)6-11(17-16)7-4-9(13)12(15)10(14)5-7/h2-5,11,17H,6,16H2,1H3. The van der Waals surface area contributed by atoms with Gasteiger partial charge in [-0.2, -0.15) is 5.10 Å². The summed E-state index contributed by atoms with van der Waals surface area (Å²) in [5.41, 5.74) is 3.38.